The number of nitrogens with one attached hydrogen (secondary N) is 4. The number of rotatable bonds is 15. The fourth-order valence-electron chi connectivity index (χ4n) is 10.4. The summed E-state index contributed by atoms with van der Waals surface area (Å²) in [6.45, 7) is 28.2. The molecule has 22 nitrogen and oxygen atoms in total. The molecule has 4 N–H and O–H groups in total. The lowest BCUT2D eigenvalue weighted by atomic mass is 9.95. The quantitative estimate of drug-likeness (QED) is 0.170. The molecule has 0 aromatic carbocycles. The third kappa shape index (κ3) is 21.8. The van der Waals surface area contributed by atoms with E-state index in [-0.39, 0.29) is 74.5 Å². The van der Waals surface area contributed by atoms with Gasteiger partial charge in [0.05, 0.1) is 6.54 Å². The summed E-state index contributed by atoms with van der Waals surface area (Å²) >= 11 is 0. The van der Waals surface area contributed by atoms with Crippen molar-refractivity contribution in [2.24, 2.45) is 35.5 Å². The number of hydrogen-bond acceptors (Lipinski definition) is 11. The van der Waals surface area contributed by atoms with Gasteiger partial charge < -0.3 is 55.6 Å². The minimum absolute atomic E-state index is 0.112. The average molecular weight is 1170 g/mol. The van der Waals surface area contributed by atoms with Gasteiger partial charge in [0, 0.05) is 49.3 Å². The second-order valence-electron chi connectivity index (χ2n) is 25.3. The Morgan fingerprint density at radius 1 is 0.422 bits per heavy atom. The van der Waals surface area contributed by atoms with Gasteiger partial charge in [0.25, 0.3) is 0 Å². The van der Waals surface area contributed by atoms with Crippen LogP contribution in [0.4, 0.5) is 0 Å². The summed E-state index contributed by atoms with van der Waals surface area (Å²) in [5.74, 6) is -7.76. The lowest BCUT2D eigenvalue weighted by Gasteiger charge is -2.40. The highest BCUT2D eigenvalue weighted by Crippen LogP contribution is 2.24. The molecule has 11 amide bonds. The van der Waals surface area contributed by atoms with Gasteiger partial charge in [-0.2, -0.15) is 0 Å². The van der Waals surface area contributed by atoms with Crippen molar-refractivity contribution in [2.45, 2.75) is 223 Å². The third-order valence-electron chi connectivity index (χ3n) is 15.7. The first-order chi connectivity index (χ1) is 38.4. The Labute approximate surface area is 497 Å². The molecule has 0 aliphatic carbocycles. The van der Waals surface area contributed by atoms with Crippen molar-refractivity contribution >= 4 is 65.0 Å². The zero-order valence-electron chi connectivity index (χ0n) is 54.9. The first kappa shape index (κ1) is 74.9. The lowest BCUT2D eigenvalue weighted by Crippen LogP contribution is -2.61. The van der Waals surface area contributed by atoms with Gasteiger partial charge in [-0.05, 0) is 108 Å². The molecule has 1 fully saturated rings. The van der Waals surface area contributed by atoms with Crippen molar-refractivity contribution in [3.63, 3.8) is 0 Å². The molecule has 0 bridgehead atoms. The van der Waals surface area contributed by atoms with Crippen molar-refractivity contribution in [2.75, 3.05) is 55.9 Å². The van der Waals surface area contributed by atoms with E-state index in [0.717, 1.165) is 0 Å². The molecule has 22 heteroatoms. The number of amides is 11. The van der Waals surface area contributed by atoms with Crippen molar-refractivity contribution in [1.29, 1.82) is 0 Å². The van der Waals surface area contributed by atoms with E-state index in [1.54, 1.807) is 27.7 Å². The van der Waals surface area contributed by atoms with Crippen LogP contribution in [0.1, 0.15) is 162 Å². The smallest absolute Gasteiger partial charge is 0.245 e. The SMILES string of the molecule is C/C=C/C[C@@H](C)CC1C(=O)N[C@@H](CC)C(=O)N(C)CC(=O)N(C)[C@@H](CC(C)C)C(=O)N[C@H](C(C)C)C(=O)N(C)[C@H](CC(C)C)C(=O)N[C@H](C)C(=O)NC(C)C(=O)N(C)[C@H](CC(C)C)C(=O)N(C)[C@@H](CC(C)C)C(=O)N(C)[C@@H](CC)C(=O)N1C. The van der Waals surface area contributed by atoms with E-state index >= 15 is 0 Å². The van der Waals surface area contributed by atoms with Crippen LogP contribution in [0.15, 0.2) is 12.2 Å². The van der Waals surface area contributed by atoms with Gasteiger partial charge in [0.1, 0.15) is 60.4 Å². The van der Waals surface area contributed by atoms with Gasteiger partial charge in [-0.1, -0.05) is 102 Å². The van der Waals surface area contributed by atoms with Gasteiger partial charge >= 0.3 is 0 Å². The van der Waals surface area contributed by atoms with Crippen LogP contribution < -0.4 is 21.3 Å². The Morgan fingerprint density at radius 2 is 0.795 bits per heavy atom. The molecule has 11 atom stereocenters. The monoisotopic (exact) mass is 1170 g/mol. The first-order valence-electron chi connectivity index (χ1n) is 30.1. The normalized spacial score (nSPS) is 26.8. The molecule has 1 aliphatic rings. The number of nitrogens with zero attached hydrogens (tertiary/aromatic N) is 7. The van der Waals surface area contributed by atoms with Gasteiger partial charge in [-0.15, -0.1) is 0 Å². The predicted octanol–water partition coefficient (Wildman–Crippen LogP) is 4.05. The Balaban J connectivity index is 4.22. The van der Waals surface area contributed by atoms with Crippen LogP contribution in [0.3, 0.4) is 0 Å². The lowest BCUT2D eigenvalue weighted by molar-refractivity contribution is -0.155. The first-order valence-corrected chi connectivity index (χ1v) is 30.1. The summed E-state index contributed by atoms with van der Waals surface area (Å²) in [6, 6.07) is -11.3. The molecule has 474 valence electrons. The fraction of sp³-hybridized carbons (Fsp3) is 0.787. The number of carbonyl (C=O) groups is 11. The van der Waals surface area contributed by atoms with Crippen LogP contribution in [0.2, 0.25) is 0 Å². The molecule has 1 saturated heterocycles. The van der Waals surface area contributed by atoms with Crippen LogP contribution in [0.5, 0.6) is 0 Å². The van der Waals surface area contributed by atoms with Crippen LogP contribution in [0.25, 0.3) is 0 Å². The molecule has 0 saturated carbocycles. The number of likely N-dealkylation sites (N-methyl/N-ethyl adjacent to an activating group) is 7. The number of hydrogen-bond donors (Lipinski definition) is 4. The molecule has 0 aromatic heterocycles. The maximum atomic E-state index is 14.9. The van der Waals surface area contributed by atoms with E-state index in [2.05, 4.69) is 21.3 Å². The maximum Gasteiger partial charge on any atom is 0.245 e. The standard InChI is InChI=1S/C61H109N11O11/c1-24-27-28-40(14)33-47-54(76)64-43(25-2)57(79)66(17)34-50(73)67(18)45(29-35(4)5)55(77)65-51(39(12)13)61(83)70(21)46(30-36(6)7)53(75)62-41(15)52(74)63-42(16)56(78)71(22)48(31-37(8)9)60(82)72(23)49(32-38(10)11)59(81)68(19)44(26-3)58(80)69(47)20/h24,27,35-49,51H,25-26,28-34H2,1-23H3,(H,62,75)(H,63,74)(H,64,76)(H,65,77)/b27-24+/t40-,41-,42?,43+,44+,45+,46-,47?,48-,49+,51-/m1/s1. The minimum Gasteiger partial charge on any atom is -0.343 e. The summed E-state index contributed by atoms with van der Waals surface area (Å²) < 4.78 is 0. The molecular formula is C61H109N11O11. The second kappa shape index (κ2) is 34.6. The zero-order chi connectivity index (χ0) is 64.2. The molecule has 1 aliphatic heterocycles. The third-order valence-corrected chi connectivity index (χ3v) is 15.7. The van der Waals surface area contributed by atoms with Crippen LogP contribution in [-0.4, -0.2) is 216 Å². The van der Waals surface area contributed by atoms with Gasteiger partial charge in [-0.3, -0.25) is 52.7 Å². The number of carbonyl (C=O) groups excluding carboxylic acids is 11. The van der Waals surface area contributed by atoms with E-state index in [9.17, 15) is 52.7 Å². The summed E-state index contributed by atoms with van der Waals surface area (Å²) in [7, 11) is 10.2. The van der Waals surface area contributed by atoms with Crippen molar-refractivity contribution in [3.8, 4) is 0 Å². The Morgan fingerprint density at radius 3 is 1.24 bits per heavy atom. The maximum absolute atomic E-state index is 14.9. The molecule has 0 aromatic rings. The van der Waals surface area contributed by atoms with Gasteiger partial charge in [0.15, 0.2) is 0 Å². The molecule has 0 radical (unpaired) electrons. The van der Waals surface area contributed by atoms with E-state index in [0.29, 0.717) is 6.42 Å². The van der Waals surface area contributed by atoms with E-state index in [4.69, 9.17) is 0 Å². The highest BCUT2D eigenvalue weighted by atomic mass is 16.2. The Hall–Kier alpha value is -6.09. The van der Waals surface area contributed by atoms with Gasteiger partial charge in [-0.25, -0.2) is 0 Å². The van der Waals surface area contributed by atoms with E-state index in [1.165, 1.54) is 97.5 Å². The average Bonchev–Trinajstić information content (AvgIpc) is 3.62. The summed E-state index contributed by atoms with van der Waals surface area (Å²) in [6.07, 6.45) is 5.58. The summed E-state index contributed by atoms with van der Waals surface area (Å²) in [5.41, 5.74) is 0. The molecule has 2 unspecified atom stereocenters. The highest BCUT2D eigenvalue weighted by Gasteiger charge is 2.43. The van der Waals surface area contributed by atoms with E-state index < -0.39 is 138 Å². The molecule has 1 rings (SSSR count). The molecular weight excluding hydrogens is 1060 g/mol. The van der Waals surface area contributed by atoms with Crippen LogP contribution in [-0.2, 0) is 52.7 Å². The van der Waals surface area contributed by atoms with Crippen LogP contribution in [0, 0.1) is 35.5 Å². The molecule has 83 heavy (non-hydrogen) atoms. The van der Waals surface area contributed by atoms with Crippen molar-refractivity contribution in [3.05, 3.63) is 12.2 Å². The van der Waals surface area contributed by atoms with E-state index in [1.807, 2.05) is 81.4 Å². The van der Waals surface area contributed by atoms with Crippen molar-refractivity contribution < 1.29 is 52.7 Å². The topological polar surface area (TPSA) is 259 Å². The largest absolute Gasteiger partial charge is 0.343 e. The highest BCUT2D eigenvalue weighted by molar-refractivity contribution is 5.99. The molecule has 0 spiro atoms. The van der Waals surface area contributed by atoms with Crippen LogP contribution >= 0.6 is 0 Å². The Kier molecular flexibility index (Phi) is 31.3. The Bertz CT molecular complexity index is 2250. The van der Waals surface area contributed by atoms with Gasteiger partial charge in [0.2, 0.25) is 65.0 Å². The predicted molar refractivity (Wildman–Crippen MR) is 323 cm³/mol. The van der Waals surface area contributed by atoms with Crippen molar-refractivity contribution in [1.82, 2.24) is 55.6 Å². The minimum atomic E-state index is -1.21. The summed E-state index contributed by atoms with van der Waals surface area (Å²) in [4.78, 5) is 168. The summed E-state index contributed by atoms with van der Waals surface area (Å²) in [5, 5.41) is 11.1. The number of allylic oxidation sites excluding steroid dienone is 2. The molecule has 1 heterocycles. The zero-order valence-corrected chi connectivity index (χ0v) is 54.9. The second-order valence-corrected chi connectivity index (χ2v) is 25.3. The fourth-order valence-corrected chi connectivity index (χ4v) is 10.4.